The Morgan fingerprint density at radius 2 is 1.88 bits per heavy atom. The van der Waals surface area contributed by atoms with Crippen LogP contribution in [0.5, 0.6) is 5.75 Å². The average Bonchev–Trinajstić information content (AvgIpc) is 3.19. The first-order valence-electron chi connectivity index (χ1n) is 10.5. The van der Waals surface area contributed by atoms with Crippen molar-refractivity contribution in [3.63, 3.8) is 0 Å². The summed E-state index contributed by atoms with van der Waals surface area (Å²) in [4.78, 5) is 2.82. The number of piperazine rings is 1. The lowest BCUT2D eigenvalue weighted by molar-refractivity contribution is 0.0979. The van der Waals surface area contributed by atoms with E-state index >= 15 is 0 Å². The molecule has 138 valence electrons. The van der Waals surface area contributed by atoms with Gasteiger partial charge < -0.3 is 10.1 Å². The third-order valence-corrected chi connectivity index (χ3v) is 6.95. The van der Waals surface area contributed by atoms with E-state index in [1.807, 2.05) is 0 Å². The number of hydrogen-bond acceptors (Lipinski definition) is 3. The fourth-order valence-electron chi connectivity index (χ4n) is 5.56. The van der Waals surface area contributed by atoms with E-state index < -0.39 is 0 Å². The smallest absolute Gasteiger partial charge is 0.122 e. The van der Waals surface area contributed by atoms with E-state index in [9.17, 15) is 0 Å². The summed E-state index contributed by atoms with van der Waals surface area (Å²) in [5, 5.41) is 3.86. The zero-order valence-electron chi connectivity index (χ0n) is 15.8. The Balaban J connectivity index is 1.37. The van der Waals surface area contributed by atoms with Gasteiger partial charge in [-0.1, -0.05) is 37.5 Å². The topological polar surface area (TPSA) is 24.5 Å². The maximum absolute atomic E-state index is 5.61. The third-order valence-electron chi connectivity index (χ3n) is 6.95. The third kappa shape index (κ3) is 3.88. The molecular weight excluding hydrogens is 308 g/mol. The normalized spacial score (nSPS) is 32.0. The Kier molecular flexibility index (Phi) is 5.62. The lowest BCUT2D eigenvalue weighted by Gasteiger charge is -2.42. The van der Waals surface area contributed by atoms with Crippen molar-refractivity contribution in [1.82, 2.24) is 10.2 Å². The molecule has 0 bridgehead atoms. The zero-order valence-corrected chi connectivity index (χ0v) is 15.8. The Bertz CT molecular complexity index is 555. The summed E-state index contributed by atoms with van der Waals surface area (Å²) in [6.07, 6.45) is 11.2. The van der Waals surface area contributed by atoms with E-state index in [1.54, 1.807) is 7.11 Å². The Labute approximate surface area is 153 Å². The number of nitrogens with zero attached hydrogens (tertiary/aromatic N) is 1. The van der Waals surface area contributed by atoms with Gasteiger partial charge in [0.15, 0.2) is 0 Å². The summed E-state index contributed by atoms with van der Waals surface area (Å²) < 4.78 is 5.61. The second-order valence-corrected chi connectivity index (χ2v) is 8.36. The molecule has 1 aromatic rings. The fourth-order valence-corrected chi connectivity index (χ4v) is 5.56. The SMILES string of the molecule is COc1ccccc1[C@@H]1CC[C@H](C2CN(C3CCCCC3)CCN2)C1. The van der Waals surface area contributed by atoms with Gasteiger partial charge in [-0.2, -0.15) is 0 Å². The summed E-state index contributed by atoms with van der Waals surface area (Å²) in [6, 6.07) is 10.2. The van der Waals surface area contributed by atoms with Gasteiger partial charge in [-0.25, -0.2) is 0 Å². The summed E-state index contributed by atoms with van der Waals surface area (Å²) in [5.41, 5.74) is 1.42. The van der Waals surface area contributed by atoms with E-state index in [4.69, 9.17) is 4.74 Å². The fraction of sp³-hybridized carbons (Fsp3) is 0.727. The van der Waals surface area contributed by atoms with Crippen molar-refractivity contribution in [1.29, 1.82) is 0 Å². The number of ether oxygens (including phenoxy) is 1. The summed E-state index contributed by atoms with van der Waals surface area (Å²) >= 11 is 0. The first-order chi connectivity index (χ1) is 12.3. The van der Waals surface area contributed by atoms with Gasteiger partial charge in [0.05, 0.1) is 7.11 Å². The maximum Gasteiger partial charge on any atom is 0.122 e. The standard InChI is InChI=1S/C22H34N2O/c1-25-22-10-6-5-9-20(22)17-11-12-18(15-17)21-16-24(14-13-23-21)19-7-3-2-4-8-19/h5-6,9-10,17-19,21,23H,2-4,7-8,11-16H2,1H3/t17-,18+,21?/m1/s1. The van der Waals surface area contributed by atoms with E-state index in [1.165, 1.54) is 76.6 Å². The Morgan fingerprint density at radius 1 is 1.04 bits per heavy atom. The van der Waals surface area contributed by atoms with Crippen LogP contribution in [0.25, 0.3) is 0 Å². The van der Waals surface area contributed by atoms with E-state index in [0.29, 0.717) is 12.0 Å². The molecule has 3 aliphatic rings. The Morgan fingerprint density at radius 3 is 2.72 bits per heavy atom. The maximum atomic E-state index is 5.61. The van der Waals surface area contributed by atoms with Crippen LogP contribution < -0.4 is 10.1 Å². The molecule has 1 aromatic carbocycles. The van der Waals surface area contributed by atoms with Gasteiger partial charge in [0.1, 0.15) is 5.75 Å². The van der Waals surface area contributed by atoms with E-state index in [-0.39, 0.29) is 0 Å². The quantitative estimate of drug-likeness (QED) is 0.888. The molecule has 2 aliphatic carbocycles. The molecule has 0 aromatic heterocycles. The van der Waals surface area contributed by atoms with Crippen LogP contribution in [-0.4, -0.2) is 43.7 Å². The second-order valence-electron chi connectivity index (χ2n) is 8.36. The number of nitrogens with one attached hydrogen (secondary N) is 1. The highest BCUT2D eigenvalue weighted by Gasteiger charge is 2.36. The molecule has 2 saturated carbocycles. The first kappa shape index (κ1) is 17.4. The minimum absolute atomic E-state index is 0.674. The predicted octanol–water partition coefficient (Wildman–Crippen LogP) is 4.19. The summed E-state index contributed by atoms with van der Waals surface area (Å²) in [7, 11) is 1.80. The molecule has 1 saturated heterocycles. The lowest BCUT2D eigenvalue weighted by Crippen LogP contribution is -2.56. The largest absolute Gasteiger partial charge is 0.496 e. The van der Waals surface area contributed by atoms with Crippen LogP contribution in [-0.2, 0) is 0 Å². The molecule has 3 atom stereocenters. The minimum Gasteiger partial charge on any atom is -0.496 e. The van der Waals surface area contributed by atoms with Crippen molar-refractivity contribution in [2.24, 2.45) is 5.92 Å². The molecular formula is C22H34N2O. The molecule has 3 heteroatoms. The lowest BCUT2D eigenvalue weighted by atomic mass is 9.89. The van der Waals surface area contributed by atoms with Crippen molar-refractivity contribution in [3.8, 4) is 5.75 Å². The summed E-state index contributed by atoms with van der Waals surface area (Å²) in [6.45, 7) is 3.70. The minimum atomic E-state index is 0.674. The van der Waals surface area contributed by atoms with E-state index in [0.717, 1.165) is 17.7 Å². The van der Waals surface area contributed by atoms with Crippen LogP contribution in [0.2, 0.25) is 0 Å². The highest BCUT2D eigenvalue weighted by atomic mass is 16.5. The van der Waals surface area contributed by atoms with Crippen LogP contribution in [0.15, 0.2) is 24.3 Å². The van der Waals surface area contributed by atoms with Gasteiger partial charge in [0, 0.05) is 31.7 Å². The highest BCUT2D eigenvalue weighted by Crippen LogP contribution is 2.43. The van der Waals surface area contributed by atoms with Gasteiger partial charge in [-0.05, 0) is 55.6 Å². The van der Waals surface area contributed by atoms with Crippen LogP contribution in [0.1, 0.15) is 62.8 Å². The number of benzene rings is 1. The van der Waals surface area contributed by atoms with Crippen LogP contribution >= 0.6 is 0 Å². The number of para-hydroxylation sites is 1. The van der Waals surface area contributed by atoms with Gasteiger partial charge in [0.25, 0.3) is 0 Å². The zero-order chi connectivity index (χ0) is 17.1. The molecule has 0 radical (unpaired) electrons. The Hall–Kier alpha value is -1.06. The molecule has 1 N–H and O–H groups in total. The van der Waals surface area contributed by atoms with Crippen molar-refractivity contribution in [2.75, 3.05) is 26.7 Å². The van der Waals surface area contributed by atoms with Crippen LogP contribution in [0.3, 0.4) is 0 Å². The number of rotatable bonds is 4. The van der Waals surface area contributed by atoms with Gasteiger partial charge >= 0.3 is 0 Å². The van der Waals surface area contributed by atoms with Crippen LogP contribution in [0, 0.1) is 5.92 Å². The van der Waals surface area contributed by atoms with Crippen molar-refractivity contribution in [3.05, 3.63) is 29.8 Å². The van der Waals surface area contributed by atoms with Crippen LogP contribution in [0.4, 0.5) is 0 Å². The molecule has 1 aliphatic heterocycles. The van der Waals surface area contributed by atoms with Gasteiger partial charge in [-0.15, -0.1) is 0 Å². The first-order valence-corrected chi connectivity index (χ1v) is 10.5. The average molecular weight is 343 g/mol. The van der Waals surface area contributed by atoms with E-state index in [2.05, 4.69) is 34.5 Å². The molecule has 1 heterocycles. The van der Waals surface area contributed by atoms with Crippen molar-refractivity contribution >= 4 is 0 Å². The number of methoxy groups -OCH3 is 1. The number of hydrogen-bond donors (Lipinski definition) is 1. The molecule has 4 rings (SSSR count). The predicted molar refractivity (Wildman–Crippen MR) is 103 cm³/mol. The molecule has 3 fully saturated rings. The monoisotopic (exact) mass is 342 g/mol. The molecule has 25 heavy (non-hydrogen) atoms. The van der Waals surface area contributed by atoms with Crippen molar-refractivity contribution < 1.29 is 4.74 Å². The van der Waals surface area contributed by atoms with Gasteiger partial charge in [-0.3, -0.25) is 4.90 Å². The molecule has 3 nitrogen and oxygen atoms in total. The molecule has 0 amide bonds. The van der Waals surface area contributed by atoms with Crippen molar-refractivity contribution in [2.45, 2.75) is 69.4 Å². The molecule has 1 unspecified atom stereocenters. The second kappa shape index (κ2) is 8.09. The molecule has 0 spiro atoms. The van der Waals surface area contributed by atoms with Gasteiger partial charge in [0.2, 0.25) is 0 Å². The summed E-state index contributed by atoms with van der Waals surface area (Å²) in [5.74, 6) is 2.57. The highest BCUT2D eigenvalue weighted by molar-refractivity contribution is 5.36.